The standard InChI is InChI=1S/C16H23ClN2O3/c1-4-22-14-7-6-11(2)10-13(14)12(3)19-16(21)15(20)18-9-5-8-17/h6-7,10,12H,4-5,8-9H2,1-3H3,(H,18,20)(H,19,21). The summed E-state index contributed by atoms with van der Waals surface area (Å²) in [6, 6.07) is 5.44. The SMILES string of the molecule is CCOc1ccc(C)cc1C(C)NC(=O)C(=O)NCCCCl. The number of aryl methyl sites for hydroxylation is 1. The molecule has 0 aliphatic carbocycles. The summed E-state index contributed by atoms with van der Waals surface area (Å²) in [5.41, 5.74) is 1.91. The highest BCUT2D eigenvalue weighted by atomic mass is 35.5. The summed E-state index contributed by atoms with van der Waals surface area (Å²) in [7, 11) is 0. The summed E-state index contributed by atoms with van der Waals surface area (Å²) >= 11 is 5.53. The van der Waals surface area contributed by atoms with E-state index in [1.807, 2.05) is 39.0 Å². The molecule has 2 N–H and O–H groups in total. The van der Waals surface area contributed by atoms with Crippen LogP contribution in [0.4, 0.5) is 0 Å². The number of alkyl halides is 1. The summed E-state index contributed by atoms with van der Waals surface area (Å²) in [4.78, 5) is 23.5. The van der Waals surface area contributed by atoms with Crippen molar-refractivity contribution in [2.45, 2.75) is 33.2 Å². The zero-order valence-corrected chi connectivity index (χ0v) is 14.0. The molecule has 22 heavy (non-hydrogen) atoms. The Morgan fingerprint density at radius 2 is 2.05 bits per heavy atom. The van der Waals surface area contributed by atoms with Crippen molar-refractivity contribution in [1.82, 2.24) is 10.6 Å². The highest BCUT2D eigenvalue weighted by Crippen LogP contribution is 2.26. The van der Waals surface area contributed by atoms with Gasteiger partial charge in [-0.3, -0.25) is 9.59 Å². The lowest BCUT2D eigenvalue weighted by atomic mass is 10.0. The molecule has 2 amide bonds. The molecule has 1 aromatic rings. The third-order valence-corrected chi connectivity index (χ3v) is 3.35. The van der Waals surface area contributed by atoms with Gasteiger partial charge in [0.1, 0.15) is 5.75 Å². The number of rotatable bonds is 7. The normalized spacial score (nSPS) is 11.6. The molecule has 5 nitrogen and oxygen atoms in total. The van der Waals surface area contributed by atoms with Gasteiger partial charge in [0.05, 0.1) is 12.6 Å². The maximum Gasteiger partial charge on any atom is 0.309 e. The van der Waals surface area contributed by atoms with Gasteiger partial charge in [-0.2, -0.15) is 0 Å². The molecule has 0 aliphatic rings. The van der Waals surface area contributed by atoms with E-state index in [0.29, 0.717) is 31.2 Å². The van der Waals surface area contributed by atoms with Crippen LogP contribution in [0.25, 0.3) is 0 Å². The Kier molecular flexibility index (Phi) is 7.74. The quantitative estimate of drug-likeness (QED) is 0.459. The molecule has 0 radical (unpaired) electrons. The third kappa shape index (κ3) is 5.56. The van der Waals surface area contributed by atoms with Crippen molar-refractivity contribution in [2.24, 2.45) is 0 Å². The molecule has 0 aliphatic heterocycles. The highest BCUT2D eigenvalue weighted by molar-refractivity contribution is 6.35. The number of hydrogen-bond acceptors (Lipinski definition) is 3. The Bertz CT molecular complexity index is 520. The fourth-order valence-corrected chi connectivity index (χ4v) is 2.12. The van der Waals surface area contributed by atoms with Crippen LogP contribution in [0.15, 0.2) is 18.2 Å². The molecule has 0 saturated carbocycles. The maximum absolute atomic E-state index is 11.9. The average Bonchev–Trinajstić information content (AvgIpc) is 2.49. The molecule has 1 atom stereocenters. The molecule has 1 unspecified atom stereocenters. The molecule has 0 heterocycles. The summed E-state index contributed by atoms with van der Waals surface area (Å²) in [5.74, 6) is -0.156. The predicted molar refractivity (Wildman–Crippen MR) is 87.3 cm³/mol. The van der Waals surface area contributed by atoms with Crippen LogP contribution in [-0.4, -0.2) is 30.8 Å². The predicted octanol–water partition coefficient (Wildman–Crippen LogP) is 2.32. The molecule has 122 valence electrons. The van der Waals surface area contributed by atoms with Crippen molar-refractivity contribution in [2.75, 3.05) is 19.0 Å². The number of carbonyl (C=O) groups excluding carboxylic acids is 2. The topological polar surface area (TPSA) is 67.4 Å². The van der Waals surface area contributed by atoms with Gasteiger partial charge >= 0.3 is 11.8 Å². The number of amides is 2. The molecule has 0 bridgehead atoms. The van der Waals surface area contributed by atoms with Gasteiger partial charge in [-0.1, -0.05) is 17.7 Å². The van der Waals surface area contributed by atoms with Gasteiger partial charge in [-0.25, -0.2) is 0 Å². The second-order valence-corrected chi connectivity index (χ2v) is 5.35. The molecule has 0 spiro atoms. The van der Waals surface area contributed by atoms with Crippen molar-refractivity contribution in [1.29, 1.82) is 0 Å². The van der Waals surface area contributed by atoms with E-state index >= 15 is 0 Å². The second kappa shape index (κ2) is 9.30. The lowest BCUT2D eigenvalue weighted by Gasteiger charge is -2.18. The van der Waals surface area contributed by atoms with Crippen LogP contribution in [0.2, 0.25) is 0 Å². The van der Waals surface area contributed by atoms with Crippen LogP contribution in [0.3, 0.4) is 0 Å². The van der Waals surface area contributed by atoms with E-state index in [4.69, 9.17) is 16.3 Å². The molecule has 1 aromatic carbocycles. The van der Waals surface area contributed by atoms with E-state index < -0.39 is 11.8 Å². The summed E-state index contributed by atoms with van der Waals surface area (Å²) in [6.45, 7) is 6.61. The van der Waals surface area contributed by atoms with Gasteiger partial charge in [0, 0.05) is 18.0 Å². The number of benzene rings is 1. The Labute approximate surface area is 136 Å². The number of halogens is 1. The summed E-state index contributed by atoms with van der Waals surface area (Å²) in [6.07, 6.45) is 0.627. The van der Waals surface area contributed by atoms with E-state index in [1.165, 1.54) is 0 Å². The fraction of sp³-hybridized carbons (Fsp3) is 0.500. The number of carbonyl (C=O) groups is 2. The van der Waals surface area contributed by atoms with E-state index in [-0.39, 0.29) is 6.04 Å². The molecule has 1 rings (SSSR count). The van der Waals surface area contributed by atoms with Crippen molar-refractivity contribution in [3.05, 3.63) is 29.3 Å². The van der Waals surface area contributed by atoms with E-state index in [2.05, 4.69) is 10.6 Å². The zero-order chi connectivity index (χ0) is 16.5. The number of ether oxygens (including phenoxy) is 1. The van der Waals surface area contributed by atoms with Crippen molar-refractivity contribution in [3.8, 4) is 5.75 Å². The van der Waals surface area contributed by atoms with Crippen LogP contribution in [0, 0.1) is 6.92 Å². The van der Waals surface area contributed by atoms with Crippen LogP contribution < -0.4 is 15.4 Å². The van der Waals surface area contributed by atoms with Crippen LogP contribution >= 0.6 is 11.6 Å². The molecule has 0 saturated heterocycles. The first-order valence-corrected chi connectivity index (χ1v) is 7.91. The number of nitrogens with one attached hydrogen (secondary N) is 2. The first-order chi connectivity index (χ1) is 10.5. The molecule has 0 aromatic heterocycles. The summed E-state index contributed by atoms with van der Waals surface area (Å²) < 4.78 is 5.57. The number of hydrogen-bond donors (Lipinski definition) is 2. The Balaban J connectivity index is 2.71. The lowest BCUT2D eigenvalue weighted by molar-refractivity contribution is -0.139. The van der Waals surface area contributed by atoms with Gasteiger partial charge in [-0.05, 0) is 33.3 Å². The van der Waals surface area contributed by atoms with Crippen LogP contribution in [0.5, 0.6) is 5.75 Å². The average molecular weight is 327 g/mol. The molecule has 0 fully saturated rings. The van der Waals surface area contributed by atoms with Gasteiger partial charge in [-0.15, -0.1) is 11.6 Å². The van der Waals surface area contributed by atoms with Crippen LogP contribution in [0.1, 0.15) is 37.4 Å². The first kappa shape index (κ1) is 18.3. The van der Waals surface area contributed by atoms with E-state index in [0.717, 1.165) is 11.1 Å². The van der Waals surface area contributed by atoms with Crippen molar-refractivity contribution in [3.63, 3.8) is 0 Å². The van der Waals surface area contributed by atoms with Gasteiger partial charge < -0.3 is 15.4 Å². The molecular formula is C16H23ClN2O3. The van der Waals surface area contributed by atoms with Crippen molar-refractivity contribution >= 4 is 23.4 Å². The maximum atomic E-state index is 11.9. The van der Waals surface area contributed by atoms with Gasteiger partial charge in [0.25, 0.3) is 0 Å². The second-order valence-electron chi connectivity index (χ2n) is 4.97. The highest BCUT2D eigenvalue weighted by Gasteiger charge is 2.19. The summed E-state index contributed by atoms with van der Waals surface area (Å²) in [5, 5.41) is 5.21. The zero-order valence-electron chi connectivity index (χ0n) is 13.2. The van der Waals surface area contributed by atoms with Crippen LogP contribution in [-0.2, 0) is 9.59 Å². The molecule has 6 heteroatoms. The largest absolute Gasteiger partial charge is 0.494 e. The first-order valence-electron chi connectivity index (χ1n) is 7.37. The Morgan fingerprint density at radius 3 is 2.68 bits per heavy atom. The minimum atomic E-state index is -0.661. The van der Waals surface area contributed by atoms with Gasteiger partial charge in [0.2, 0.25) is 0 Å². The van der Waals surface area contributed by atoms with Crippen molar-refractivity contribution < 1.29 is 14.3 Å². The fourth-order valence-electron chi connectivity index (χ4n) is 1.98. The minimum Gasteiger partial charge on any atom is -0.494 e. The van der Waals surface area contributed by atoms with E-state index in [1.54, 1.807) is 0 Å². The lowest BCUT2D eigenvalue weighted by Crippen LogP contribution is -2.41. The van der Waals surface area contributed by atoms with Gasteiger partial charge in [0.15, 0.2) is 0 Å². The minimum absolute atomic E-state index is 0.326. The van der Waals surface area contributed by atoms with E-state index in [9.17, 15) is 9.59 Å². The molecular weight excluding hydrogens is 304 g/mol. The Hall–Kier alpha value is -1.75. The third-order valence-electron chi connectivity index (χ3n) is 3.08. The smallest absolute Gasteiger partial charge is 0.309 e. The Morgan fingerprint density at radius 1 is 1.32 bits per heavy atom. The monoisotopic (exact) mass is 326 g/mol.